The highest BCUT2D eigenvalue weighted by Crippen LogP contribution is 2.37. The monoisotopic (exact) mass is 485 g/mol. The van der Waals surface area contributed by atoms with Gasteiger partial charge in [-0.05, 0) is 30.2 Å². The first-order valence-electron chi connectivity index (χ1n) is 8.56. The molecule has 148 valence electrons. The van der Waals surface area contributed by atoms with Crippen LogP contribution in [0, 0.1) is 0 Å². The summed E-state index contributed by atoms with van der Waals surface area (Å²) in [6, 6.07) is 13.8. The molecule has 0 aliphatic rings. The van der Waals surface area contributed by atoms with Crippen LogP contribution in [0.2, 0.25) is 0 Å². The maximum atomic E-state index is 10.0. The zero-order valence-electron chi connectivity index (χ0n) is 16.2. The lowest BCUT2D eigenvalue weighted by atomic mass is 10.2. The lowest BCUT2D eigenvalue weighted by Crippen LogP contribution is -2.38. The average Bonchev–Trinajstić information content (AvgIpc) is 2.66. The highest BCUT2D eigenvalue weighted by Gasteiger charge is 2.12. The molecule has 2 rings (SSSR count). The van der Waals surface area contributed by atoms with Gasteiger partial charge >= 0.3 is 0 Å². The van der Waals surface area contributed by atoms with Crippen LogP contribution in [0.3, 0.4) is 0 Å². The summed E-state index contributed by atoms with van der Waals surface area (Å²) in [7, 11) is 5.03. The molecule has 0 spiro atoms. The number of aromatic hydroxyl groups is 1. The average molecular weight is 485 g/mol. The van der Waals surface area contributed by atoms with Crippen LogP contribution in [-0.2, 0) is 13.1 Å². The van der Waals surface area contributed by atoms with Gasteiger partial charge in [-0.15, -0.1) is 24.0 Å². The number of methoxy groups -OCH3 is 2. The minimum Gasteiger partial charge on any atom is -0.502 e. The smallest absolute Gasteiger partial charge is 0.200 e. The van der Waals surface area contributed by atoms with Crippen LogP contribution in [0.25, 0.3) is 0 Å². The summed E-state index contributed by atoms with van der Waals surface area (Å²) in [5.74, 6) is 1.55. The molecule has 27 heavy (non-hydrogen) atoms. The van der Waals surface area contributed by atoms with E-state index >= 15 is 0 Å². The van der Waals surface area contributed by atoms with Crippen LogP contribution in [0.15, 0.2) is 47.5 Å². The maximum Gasteiger partial charge on any atom is 0.200 e. The number of hydrogen-bond donors (Lipinski definition) is 2. The van der Waals surface area contributed by atoms with E-state index in [0.717, 1.165) is 24.6 Å². The molecule has 0 radical (unpaired) electrons. The third kappa shape index (κ3) is 6.50. The molecular weight excluding hydrogens is 457 g/mol. The molecule has 2 N–H and O–H groups in total. The Labute approximate surface area is 178 Å². The molecule has 0 bridgehead atoms. The highest BCUT2D eigenvalue weighted by molar-refractivity contribution is 14.0. The number of aliphatic imine (C=N–C) groups is 1. The minimum absolute atomic E-state index is 0. The third-order valence-corrected chi connectivity index (χ3v) is 3.91. The molecule has 0 saturated carbocycles. The number of rotatable bonds is 7. The number of benzene rings is 2. The second kappa shape index (κ2) is 11.5. The van der Waals surface area contributed by atoms with Crippen molar-refractivity contribution in [2.45, 2.75) is 20.0 Å². The van der Waals surface area contributed by atoms with E-state index in [9.17, 15) is 5.11 Å². The number of guanidine groups is 1. The van der Waals surface area contributed by atoms with Gasteiger partial charge in [0.15, 0.2) is 17.5 Å². The molecule has 0 unspecified atom stereocenters. The number of phenols is 1. The van der Waals surface area contributed by atoms with E-state index in [-0.39, 0.29) is 29.7 Å². The molecule has 0 atom stereocenters. The summed E-state index contributed by atoms with van der Waals surface area (Å²) in [6.07, 6.45) is 0. The summed E-state index contributed by atoms with van der Waals surface area (Å²) in [6.45, 7) is 4.02. The molecule has 0 aliphatic carbocycles. The first-order valence-corrected chi connectivity index (χ1v) is 8.56. The Kier molecular flexibility index (Phi) is 9.77. The molecule has 6 nitrogen and oxygen atoms in total. The van der Waals surface area contributed by atoms with Gasteiger partial charge in [-0.2, -0.15) is 0 Å². The Bertz CT molecular complexity index is 714. The van der Waals surface area contributed by atoms with Crippen molar-refractivity contribution in [2.24, 2.45) is 4.99 Å². The fourth-order valence-corrected chi connectivity index (χ4v) is 2.61. The van der Waals surface area contributed by atoms with Gasteiger partial charge in [0.05, 0.1) is 20.8 Å². The van der Waals surface area contributed by atoms with Crippen LogP contribution >= 0.6 is 24.0 Å². The zero-order valence-corrected chi connectivity index (χ0v) is 18.6. The maximum absolute atomic E-state index is 10.0. The van der Waals surface area contributed by atoms with Crippen molar-refractivity contribution in [1.82, 2.24) is 10.2 Å². The normalized spacial score (nSPS) is 10.7. The number of ether oxygens (including phenoxy) is 2. The van der Waals surface area contributed by atoms with Crippen LogP contribution < -0.4 is 14.8 Å². The quantitative estimate of drug-likeness (QED) is 0.356. The molecule has 0 saturated heterocycles. The van der Waals surface area contributed by atoms with E-state index < -0.39 is 0 Å². The summed E-state index contributed by atoms with van der Waals surface area (Å²) in [5.41, 5.74) is 2.11. The summed E-state index contributed by atoms with van der Waals surface area (Å²) < 4.78 is 10.4. The molecular formula is C20H28IN3O3. The van der Waals surface area contributed by atoms with Crippen molar-refractivity contribution in [1.29, 1.82) is 0 Å². The minimum atomic E-state index is -0.00386. The van der Waals surface area contributed by atoms with E-state index in [1.807, 2.05) is 32.2 Å². The standard InChI is InChI=1S/C20H27N3O3.HI/c1-5-21-20(23(2)14-15-9-7-6-8-10-15)22-13-16-11-17(25-3)19(24)18(12-16)26-4;/h6-12,24H,5,13-14H2,1-4H3,(H,21,22);1H. The fourth-order valence-electron chi connectivity index (χ4n) is 2.61. The van der Waals surface area contributed by atoms with Crippen LogP contribution in [0.1, 0.15) is 18.1 Å². The summed E-state index contributed by atoms with van der Waals surface area (Å²) in [5, 5.41) is 13.3. The summed E-state index contributed by atoms with van der Waals surface area (Å²) in [4.78, 5) is 6.78. The second-order valence-electron chi connectivity index (χ2n) is 5.86. The Morgan fingerprint density at radius 3 is 2.19 bits per heavy atom. The predicted octanol–water partition coefficient (Wildman–Crippen LogP) is 3.62. The lowest BCUT2D eigenvalue weighted by molar-refractivity contribution is 0.339. The Morgan fingerprint density at radius 1 is 1.07 bits per heavy atom. The van der Waals surface area contributed by atoms with Gasteiger partial charge in [-0.25, -0.2) is 4.99 Å². The first kappa shape index (κ1) is 22.9. The highest BCUT2D eigenvalue weighted by atomic mass is 127. The van der Waals surface area contributed by atoms with Crippen molar-refractivity contribution >= 4 is 29.9 Å². The van der Waals surface area contributed by atoms with Crippen LogP contribution in [0.4, 0.5) is 0 Å². The SMILES string of the molecule is CCNC(=NCc1cc(OC)c(O)c(OC)c1)N(C)Cc1ccccc1.I. The molecule has 0 fully saturated rings. The van der Waals surface area contributed by atoms with Crippen molar-refractivity contribution in [2.75, 3.05) is 27.8 Å². The number of hydrogen-bond acceptors (Lipinski definition) is 4. The van der Waals surface area contributed by atoms with E-state index in [4.69, 9.17) is 14.5 Å². The third-order valence-electron chi connectivity index (χ3n) is 3.91. The van der Waals surface area contributed by atoms with Crippen molar-refractivity contribution < 1.29 is 14.6 Å². The fraction of sp³-hybridized carbons (Fsp3) is 0.350. The number of phenolic OH excluding ortho intramolecular Hbond substituents is 1. The zero-order chi connectivity index (χ0) is 18.9. The van der Waals surface area contributed by atoms with Gasteiger partial charge < -0.3 is 24.8 Å². The number of nitrogens with one attached hydrogen (secondary N) is 1. The molecule has 0 heterocycles. The predicted molar refractivity (Wildman–Crippen MR) is 119 cm³/mol. The van der Waals surface area contributed by atoms with Crippen molar-refractivity contribution in [3.63, 3.8) is 0 Å². The largest absolute Gasteiger partial charge is 0.502 e. The second-order valence-corrected chi connectivity index (χ2v) is 5.86. The van der Waals surface area contributed by atoms with Gasteiger partial charge in [0.25, 0.3) is 0 Å². The lowest BCUT2D eigenvalue weighted by Gasteiger charge is -2.22. The van der Waals surface area contributed by atoms with Crippen molar-refractivity contribution in [3.05, 3.63) is 53.6 Å². The van der Waals surface area contributed by atoms with Gasteiger partial charge in [-0.3, -0.25) is 0 Å². The Morgan fingerprint density at radius 2 is 1.67 bits per heavy atom. The summed E-state index contributed by atoms with van der Waals surface area (Å²) >= 11 is 0. The van der Waals surface area contributed by atoms with Gasteiger partial charge in [-0.1, -0.05) is 30.3 Å². The van der Waals surface area contributed by atoms with Gasteiger partial charge in [0.1, 0.15) is 0 Å². The van der Waals surface area contributed by atoms with Crippen molar-refractivity contribution in [3.8, 4) is 17.2 Å². The Balaban J connectivity index is 0.00000364. The molecule has 2 aromatic rings. The van der Waals surface area contributed by atoms with Crippen LogP contribution in [-0.4, -0.2) is 43.8 Å². The molecule has 0 amide bonds. The van der Waals surface area contributed by atoms with E-state index in [2.05, 4.69) is 22.3 Å². The van der Waals surface area contributed by atoms with E-state index in [1.54, 1.807) is 12.1 Å². The molecule has 0 aromatic heterocycles. The van der Waals surface area contributed by atoms with E-state index in [1.165, 1.54) is 19.8 Å². The van der Waals surface area contributed by atoms with Gasteiger partial charge in [0.2, 0.25) is 5.75 Å². The molecule has 7 heteroatoms. The number of halogens is 1. The molecule has 0 aliphatic heterocycles. The van der Waals surface area contributed by atoms with Gasteiger partial charge in [0, 0.05) is 20.1 Å². The van der Waals surface area contributed by atoms with E-state index in [0.29, 0.717) is 18.0 Å². The topological polar surface area (TPSA) is 66.3 Å². The Hall–Kier alpha value is -2.16. The molecule has 2 aromatic carbocycles. The van der Waals surface area contributed by atoms with Crippen LogP contribution in [0.5, 0.6) is 17.2 Å². The first-order chi connectivity index (χ1) is 12.6. The number of nitrogens with zero attached hydrogens (tertiary/aromatic N) is 2.